The third-order valence-electron chi connectivity index (χ3n) is 1.94. The number of nitrogens with one attached hydrogen (secondary N) is 1. The van der Waals surface area contributed by atoms with Crippen LogP contribution in [0.4, 0.5) is 0 Å². The van der Waals surface area contributed by atoms with Crippen molar-refractivity contribution in [2.24, 2.45) is 5.10 Å². The van der Waals surface area contributed by atoms with E-state index in [4.69, 9.17) is 14.6 Å². The molecule has 0 bridgehead atoms. The highest BCUT2D eigenvalue weighted by Crippen LogP contribution is 2.31. The molecule has 0 unspecified atom stereocenters. The number of hydrogen-bond acceptors (Lipinski definition) is 5. The van der Waals surface area contributed by atoms with Crippen molar-refractivity contribution in [1.29, 1.82) is 0 Å². The summed E-state index contributed by atoms with van der Waals surface area (Å²) < 4.78 is 10.3. The van der Waals surface area contributed by atoms with Crippen LogP contribution in [-0.2, 0) is 4.79 Å². The maximum atomic E-state index is 10.7. The Kier molecular flexibility index (Phi) is 3.02. The summed E-state index contributed by atoms with van der Waals surface area (Å²) in [6.45, 7) is -0.365. The Morgan fingerprint density at radius 2 is 2.31 bits per heavy atom. The zero-order chi connectivity index (χ0) is 11.4. The third kappa shape index (κ3) is 2.29. The lowest BCUT2D eigenvalue weighted by atomic mass is 10.2. The molecule has 16 heavy (non-hydrogen) atoms. The van der Waals surface area contributed by atoms with Crippen LogP contribution in [0.3, 0.4) is 0 Å². The van der Waals surface area contributed by atoms with Crippen molar-refractivity contribution in [1.82, 2.24) is 5.43 Å². The van der Waals surface area contributed by atoms with Gasteiger partial charge in [-0.15, -0.1) is 0 Å². The fourth-order valence-corrected chi connectivity index (χ4v) is 1.21. The molecule has 6 nitrogen and oxygen atoms in total. The van der Waals surface area contributed by atoms with Gasteiger partial charge in [0.1, 0.15) is 6.61 Å². The van der Waals surface area contributed by atoms with Gasteiger partial charge in [0, 0.05) is 0 Å². The minimum Gasteiger partial charge on any atom is -0.454 e. The smallest absolute Gasteiger partial charge is 0.265 e. The summed E-state index contributed by atoms with van der Waals surface area (Å²) in [6.07, 6.45) is 1.45. The Hall–Kier alpha value is -2.08. The second-order valence-electron chi connectivity index (χ2n) is 3.06. The number of fused-ring (bicyclic) bond motifs is 1. The molecular formula is C10H10N2O4. The second kappa shape index (κ2) is 4.63. The van der Waals surface area contributed by atoms with E-state index < -0.39 is 12.5 Å². The van der Waals surface area contributed by atoms with Gasteiger partial charge in [-0.3, -0.25) is 4.79 Å². The number of aliphatic hydroxyl groups is 1. The molecule has 0 aliphatic carbocycles. The van der Waals surface area contributed by atoms with Crippen LogP contribution < -0.4 is 14.9 Å². The number of hydrazone groups is 1. The van der Waals surface area contributed by atoms with Gasteiger partial charge in [-0.2, -0.15) is 5.10 Å². The van der Waals surface area contributed by atoms with Gasteiger partial charge in [0.2, 0.25) is 6.79 Å². The molecule has 84 valence electrons. The molecule has 1 aliphatic heterocycles. The van der Waals surface area contributed by atoms with E-state index in [-0.39, 0.29) is 6.79 Å². The van der Waals surface area contributed by atoms with Crippen LogP contribution in [0, 0.1) is 0 Å². The molecule has 6 heteroatoms. The van der Waals surface area contributed by atoms with Crippen LogP contribution in [0.5, 0.6) is 11.5 Å². The zero-order valence-corrected chi connectivity index (χ0v) is 8.34. The molecule has 1 aromatic rings. The van der Waals surface area contributed by atoms with E-state index in [2.05, 4.69) is 10.5 Å². The Morgan fingerprint density at radius 3 is 3.12 bits per heavy atom. The van der Waals surface area contributed by atoms with Gasteiger partial charge in [0.15, 0.2) is 11.5 Å². The number of aliphatic hydroxyl groups excluding tert-OH is 1. The molecule has 0 atom stereocenters. The molecular weight excluding hydrogens is 212 g/mol. The molecule has 1 amide bonds. The van der Waals surface area contributed by atoms with Crippen molar-refractivity contribution in [3.8, 4) is 11.5 Å². The van der Waals surface area contributed by atoms with Crippen LogP contribution in [0.15, 0.2) is 23.3 Å². The molecule has 1 aliphatic rings. The SMILES string of the molecule is O=C(CO)NN=Cc1ccc2c(c1)OCO2. The maximum absolute atomic E-state index is 10.7. The molecule has 0 aromatic heterocycles. The number of benzene rings is 1. The lowest BCUT2D eigenvalue weighted by Gasteiger charge is -1.97. The molecule has 1 heterocycles. The number of hydrogen-bond donors (Lipinski definition) is 2. The molecule has 0 radical (unpaired) electrons. The summed E-state index contributed by atoms with van der Waals surface area (Å²) in [4.78, 5) is 10.7. The van der Waals surface area contributed by atoms with Crippen molar-refractivity contribution in [3.05, 3.63) is 23.8 Å². The van der Waals surface area contributed by atoms with Crippen LogP contribution in [0.2, 0.25) is 0 Å². The van der Waals surface area contributed by atoms with Gasteiger partial charge < -0.3 is 14.6 Å². The number of rotatable bonds is 3. The van der Waals surface area contributed by atoms with Crippen molar-refractivity contribution in [2.45, 2.75) is 0 Å². The summed E-state index contributed by atoms with van der Waals surface area (Å²) in [5.74, 6) is 0.783. The summed E-state index contributed by atoms with van der Waals surface area (Å²) >= 11 is 0. The molecule has 0 saturated heterocycles. The number of nitrogens with zero attached hydrogens (tertiary/aromatic N) is 1. The number of amides is 1. The summed E-state index contributed by atoms with van der Waals surface area (Å²) in [5, 5.41) is 12.1. The van der Waals surface area contributed by atoms with Gasteiger partial charge in [0.05, 0.1) is 6.21 Å². The number of ether oxygens (including phenoxy) is 2. The molecule has 2 rings (SSSR count). The van der Waals surface area contributed by atoms with Crippen molar-refractivity contribution in [2.75, 3.05) is 13.4 Å². The average molecular weight is 222 g/mol. The summed E-state index contributed by atoms with van der Waals surface area (Å²) in [7, 11) is 0. The molecule has 0 fully saturated rings. The summed E-state index contributed by atoms with van der Waals surface area (Å²) in [5.41, 5.74) is 2.92. The third-order valence-corrected chi connectivity index (χ3v) is 1.94. The molecule has 0 saturated carbocycles. The van der Waals surface area contributed by atoms with Gasteiger partial charge in [-0.25, -0.2) is 5.43 Å². The van der Waals surface area contributed by atoms with Gasteiger partial charge in [-0.05, 0) is 23.8 Å². The quantitative estimate of drug-likeness (QED) is 0.551. The number of carbonyl (C=O) groups excluding carboxylic acids is 1. The fourth-order valence-electron chi connectivity index (χ4n) is 1.21. The van der Waals surface area contributed by atoms with Crippen LogP contribution in [0.1, 0.15) is 5.56 Å². The van der Waals surface area contributed by atoms with Gasteiger partial charge in [-0.1, -0.05) is 0 Å². The van der Waals surface area contributed by atoms with E-state index in [0.717, 1.165) is 5.56 Å². The monoisotopic (exact) mass is 222 g/mol. The van der Waals surface area contributed by atoms with E-state index in [1.807, 2.05) is 0 Å². The van der Waals surface area contributed by atoms with Crippen molar-refractivity contribution >= 4 is 12.1 Å². The van der Waals surface area contributed by atoms with Gasteiger partial charge >= 0.3 is 0 Å². The lowest BCUT2D eigenvalue weighted by molar-refractivity contribution is -0.123. The lowest BCUT2D eigenvalue weighted by Crippen LogP contribution is -2.20. The highest BCUT2D eigenvalue weighted by Gasteiger charge is 2.12. The van der Waals surface area contributed by atoms with Crippen LogP contribution in [-0.4, -0.2) is 30.6 Å². The Labute approximate surface area is 91.5 Å². The first-order chi connectivity index (χ1) is 7.79. The van der Waals surface area contributed by atoms with E-state index in [1.165, 1.54) is 6.21 Å². The highest BCUT2D eigenvalue weighted by atomic mass is 16.7. The standard InChI is InChI=1S/C10H10N2O4/c13-5-10(14)12-11-4-7-1-2-8-9(3-7)16-6-15-8/h1-4,13H,5-6H2,(H,12,14). The average Bonchev–Trinajstić information content (AvgIpc) is 2.76. The first kappa shape index (κ1) is 10.4. The molecule has 0 spiro atoms. The topological polar surface area (TPSA) is 80.2 Å². The van der Waals surface area contributed by atoms with Gasteiger partial charge in [0.25, 0.3) is 5.91 Å². The van der Waals surface area contributed by atoms with E-state index in [1.54, 1.807) is 18.2 Å². The number of carbonyl (C=O) groups is 1. The van der Waals surface area contributed by atoms with Crippen LogP contribution >= 0.6 is 0 Å². The Morgan fingerprint density at radius 1 is 1.50 bits per heavy atom. The normalized spacial score (nSPS) is 13.1. The van der Waals surface area contributed by atoms with E-state index >= 15 is 0 Å². The van der Waals surface area contributed by atoms with Crippen molar-refractivity contribution in [3.63, 3.8) is 0 Å². The predicted octanol–water partition coefficient (Wildman–Crippen LogP) is -0.142. The first-order valence-corrected chi connectivity index (χ1v) is 4.62. The van der Waals surface area contributed by atoms with E-state index in [0.29, 0.717) is 11.5 Å². The maximum Gasteiger partial charge on any atom is 0.265 e. The van der Waals surface area contributed by atoms with E-state index in [9.17, 15) is 4.79 Å². The largest absolute Gasteiger partial charge is 0.454 e. The molecule has 2 N–H and O–H groups in total. The first-order valence-electron chi connectivity index (χ1n) is 4.62. The van der Waals surface area contributed by atoms with Crippen molar-refractivity contribution < 1.29 is 19.4 Å². The molecule has 1 aromatic carbocycles. The summed E-state index contributed by atoms with van der Waals surface area (Å²) in [6, 6.07) is 5.29. The zero-order valence-electron chi connectivity index (χ0n) is 8.34. The highest BCUT2D eigenvalue weighted by molar-refractivity contribution is 5.83. The second-order valence-corrected chi connectivity index (χ2v) is 3.06. The predicted molar refractivity (Wildman–Crippen MR) is 55.4 cm³/mol. The van der Waals surface area contributed by atoms with Crippen LogP contribution in [0.25, 0.3) is 0 Å². The fraction of sp³-hybridized carbons (Fsp3) is 0.200. The Balaban J connectivity index is 2.02. The minimum atomic E-state index is -0.585. The minimum absolute atomic E-state index is 0.219. The Bertz CT molecular complexity index is 431.